The molecule has 1 saturated heterocycles. The summed E-state index contributed by atoms with van der Waals surface area (Å²) in [6, 6.07) is 18.4. The lowest BCUT2D eigenvalue weighted by molar-refractivity contribution is -0.143. The maximum absolute atomic E-state index is 7.11. The molecule has 53 heavy (non-hydrogen) atoms. The van der Waals surface area contributed by atoms with E-state index >= 15 is 0 Å². The van der Waals surface area contributed by atoms with E-state index in [-0.39, 0.29) is 23.0 Å². The average Bonchev–Trinajstić information content (AvgIpc) is 3.39. The van der Waals surface area contributed by atoms with Gasteiger partial charge in [0.05, 0.1) is 40.6 Å². The van der Waals surface area contributed by atoms with E-state index < -0.39 is 5.79 Å². The summed E-state index contributed by atoms with van der Waals surface area (Å²) < 4.78 is 37.3. The summed E-state index contributed by atoms with van der Waals surface area (Å²) in [6.07, 6.45) is -0.254. The van der Waals surface area contributed by atoms with Crippen LogP contribution in [0.25, 0.3) is 0 Å². The smallest absolute Gasteiger partial charge is 0.163 e. The molecule has 286 valence electrons. The van der Waals surface area contributed by atoms with Crippen LogP contribution in [0.4, 0.5) is 0 Å². The van der Waals surface area contributed by atoms with Crippen molar-refractivity contribution in [3.63, 3.8) is 0 Å². The van der Waals surface area contributed by atoms with Crippen molar-refractivity contribution in [3.8, 4) is 23.0 Å². The molecule has 1 fully saturated rings. The van der Waals surface area contributed by atoms with Gasteiger partial charge in [-0.15, -0.1) is 0 Å². The standard InChI is InChI=1S/C43H58O6P4/c1-23-15-31(16-24(2)35(23)44-11)50-41(51-32-17-25(3)36(45-12)26(4)18-32)39-40(49-43(9,10)48-39)42(52-33-19-27(5)37(46-13)28(6)20-33)53-34-21-29(7)38(47-14)30(8)22-34/h15-22,39-42,50-53H,1-14H3/t39-,40-/m1/s1. The monoisotopic (exact) mass is 794 g/mol. The lowest BCUT2D eigenvalue weighted by Crippen LogP contribution is -2.38. The van der Waals surface area contributed by atoms with Crippen LogP contribution in [0.2, 0.25) is 0 Å². The highest BCUT2D eigenvalue weighted by atomic mass is 31.1. The van der Waals surface area contributed by atoms with Gasteiger partial charge in [0.1, 0.15) is 23.0 Å². The van der Waals surface area contributed by atoms with Crippen molar-refractivity contribution < 1.29 is 28.4 Å². The van der Waals surface area contributed by atoms with E-state index in [1.807, 2.05) is 0 Å². The number of rotatable bonds is 14. The summed E-state index contributed by atoms with van der Waals surface area (Å²) in [5.41, 5.74) is 9.26. The van der Waals surface area contributed by atoms with Gasteiger partial charge in [-0.1, -0.05) is 34.3 Å². The first-order valence-corrected chi connectivity index (χ1v) is 22.4. The van der Waals surface area contributed by atoms with Crippen molar-refractivity contribution in [2.75, 3.05) is 28.4 Å². The molecule has 0 N–H and O–H groups in total. The van der Waals surface area contributed by atoms with E-state index in [1.165, 1.54) is 21.2 Å². The first kappa shape index (κ1) is 41.9. The Kier molecular flexibility index (Phi) is 14.0. The molecule has 0 spiro atoms. The maximum Gasteiger partial charge on any atom is 0.163 e. The van der Waals surface area contributed by atoms with Gasteiger partial charge >= 0.3 is 0 Å². The normalized spacial score (nSPS) is 18.7. The number of benzene rings is 4. The Hall–Kier alpha value is -2.28. The summed E-state index contributed by atoms with van der Waals surface area (Å²) in [5, 5.41) is 5.65. The minimum atomic E-state index is -0.731. The fourth-order valence-electron chi connectivity index (χ4n) is 7.87. The number of aryl methyl sites for hydroxylation is 8. The SMILES string of the molecule is COc1c(C)cc(PC(Pc2cc(C)c(OC)c(C)c2)[C@@H]2OC(C)(C)O[C@H]2C(Pc2cc(C)c(OC)c(C)c2)Pc2cc(C)c(OC)c(C)c2)cc1C. The van der Waals surface area contributed by atoms with Crippen molar-refractivity contribution in [2.24, 2.45) is 0 Å². The van der Waals surface area contributed by atoms with E-state index in [0.29, 0.717) is 34.3 Å². The second-order valence-corrected chi connectivity index (χ2v) is 21.8. The molecule has 4 aromatic rings. The molecular weight excluding hydrogens is 736 g/mol. The van der Waals surface area contributed by atoms with Gasteiger partial charge in [0.2, 0.25) is 0 Å². The summed E-state index contributed by atoms with van der Waals surface area (Å²) in [5.74, 6) is 3.09. The van der Waals surface area contributed by atoms with Crippen molar-refractivity contribution in [1.82, 2.24) is 0 Å². The lowest BCUT2D eigenvalue weighted by Gasteiger charge is -2.32. The highest BCUT2D eigenvalue weighted by molar-refractivity contribution is 7.66. The van der Waals surface area contributed by atoms with Crippen LogP contribution in [0, 0.1) is 55.4 Å². The summed E-state index contributed by atoms with van der Waals surface area (Å²) in [4.78, 5) is 0. The third kappa shape index (κ3) is 9.76. The second-order valence-electron chi connectivity index (χ2n) is 14.7. The van der Waals surface area contributed by atoms with E-state index in [0.717, 1.165) is 67.5 Å². The van der Waals surface area contributed by atoms with Gasteiger partial charge < -0.3 is 28.4 Å². The van der Waals surface area contributed by atoms with Crippen molar-refractivity contribution in [1.29, 1.82) is 0 Å². The molecule has 6 nitrogen and oxygen atoms in total. The van der Waals surface area contributed by atoms with Gasteiger partial charge in [0.25, 0.3) is 0 Å². The van der Waals surface area contributed by atoms with Crippen LogP contribution in [0.3, 0.4) is 0 Å². The highest BCUT2D eigenvalue weighted by Gasteiger charge is 2.48. The Morgan fingerprint density at radius 1 is 0.415 bits per heavy atom. The second kappa shape index (κ2) is 17.7. The van der Waals surface area contributed by atoms with Gasteiger partial charge in [-0.3, -0.25) is 0 Å². The zero-order valence-electron chi connectivity index (χ0n) is 33.9. The molecule has 0 radical (unpaired) electrons. The van der Waals surface area contributed by atoms with E-state index in [9.17, 15) is 0 Å². The quantitative estimate of drug-likeness (QED) is 0.119. The number of ether oxygens (including phenoxy) is 6. The molecule has 0 bridgehead atoms. The zero-order valence-corrected chi connectivity index (χ0v) is 37.9. The third-order valence-corrected chi connectivity index (χ3v) is 16.5. The number of hydrogen-bond donors (Lipinski definition) is 0. The molecular formula is C43H58O6P4. The van der Waals surface area contributed by atoms with Gasteiger partial charge in [0, 0.05) is 10.8 Å². The first-order chi connectivity index (χ1) is 25.1. The molecule has 0 aromatic heterocycles. The van der Waals surface area contributed by atoms with E-state index in [2.05, 4.69) is 118 Å². The van der Waals surface area contributed by atoms with Crippen LogP contribution in [0.5, 0.6) is 23.0 Å². The minimum absolute atomic E-state index is 0.127. The Balaban J connectivity index is 1.63. The molecule has 0 saturated carbocycles. The van der Waals surface area contributed by atoms with Crippen LogP contribution in [-0.2, 0) is 9.47 Å². The summed E-state index contributed by atoms with van der Waals surface area (Å²) in [6.45, 7) is 21.3. The molecule has 1 aliphatic rings. The first-order valence-electron chi connectivity index (χ1n) is 18.1. The van der Waals surface area contributed by atoms with Gasteiger partial charge in [-0.2, -0.15) is 0 Å². The van der Waals surface area contributed by atoms with Crippen molar-refractivity contribution in [3.05, 3.63) is 93.0 Å². The summed E-state index contributed by atoms with van der Waals surface area (Å²) >= 11 is 0. The average molecular weight is 795 g/mol. The van der Waals surface area contributed by atoms with E-state index in [4.69, 9.17) is 28.4 Å². The molecule has 1 aliphatic heterocycles. The fraction of sp³-hybridized carbons (Fsp3) is 0.442. The van der Waals surface area contributed by atoms with Gasteiger partial charge in [-0.25, -0.2) is 0 Å². The Bertz CT molecular complexity index is 1590. The predicted octanol–water partition coefficient (Wildman–Crippen LogP) is 8.68. The Morgan fingerprint density at radius 3 is 0.774 bits per heavy atom. The molecule has 1 heterocycles. The lowest BCUT2D eigenvalue weighted by atomic mass is 10.1. The molecule has 0 aliphatic carbocycles. The van der Waals surface area contributed by atoms with E-state index in [1.54, 1.807) is 28.4 Å². The van der Waals surface area contributed by atoms with Crippen LogP contribution in [0.15, 0.2) is 48.5 Å². The maximum atomic E-state index is 7.11. The van der Waals surface area contributed by atoms with Crippen LogP contribution < -0.4 is 40.2 Å². The summed E-state index contributed by atoms with van der Waals surface area (Å²) in [7, 11) is 9.06. The molecule has 0 amide bonds. The molecule has 6 atom stereocenters. The topological polar surface area (TPSA) is 55.4 Å². The molecule has 4 unspecified atom stereocenters. The van der Waals surface area contributed by atoms with Crippen molar-refractivity contribution in [2.45, 2.75) is 98.0 Å². The molecule has 4 aromatic carbocycles. The van der Waals surface area contributed by atoms with Crippen LogP contribution >= 0.6 is 34.3 Å². The largest absolute Gasteiger partial charge is 0.496 e. The minimum Gasteiger partial charge on any atom is -0.496 e. The van der Waals surface area contributed by atoms with Gasteiger partial charge in [-0.05, 0) is 183 Å². The number of methoxy groups -OCH3 is 4. The van der Waals surface area contributed by atoms with Crippen LogP contribution in [0.1, 0.15) is 58.4 Å². The molecule has 5 rings (SSSR count). The fourth-order valence-corrected chi connectivity index (χ4v) is 16.0. The number of hydrogen-bond acceptors (Lipinski definition) is 6. The van der Waals surface area contributed by atoms with Crippen molar-refractivity contribution >= 4 is 55.5 Å². The predicted molar refractivity (Wildman–Crippen MR) is 233 cm³/mol. The van der Waals surface area contributed by atoms with Crippen LogP contribution in [-0.4, -0.2) is 57.2 Å². The third-order valence-electron chi connectivity index (χ3n) is 9.77. The Labute approximate surface area is 325 Å². The van der Waals surface area contributed by atoms with Gasteiger partial charge in [0.15, 0.2) is 5.79 Å². The zero-order chi connectivity index (χ0) is 38.8. The highest BCUT2D eigenvalue weighted by Crippen LogP contribution is 2.51. The molecule has 10 heteroatoms. The Morgan fingerprint density at radius 2 is 0.604 bits per heavy atom.